The molecule has 0 unspecified atom stereocenters. The molecule has 154 valence electrons. The van der Waals surface area contributed by atoms with Gasteiger partial charge in [-0.1, -0.05) is 6.92 Å². The lowest BCUT2D eigenvalue weighted by Crippen LogP contribution is -2.15. The van der Waals surface area contributed by atoms with Crippen molar-refractivity contribution in [1.82, 2.24) is 20.2 Å². The summed E-state index contributed by atoms with van der Waals surface area (Å²) >= 11 is 0. The summed E-state index contributed by atoms with van der Waals surface area (Å²) < 4.78 is 59.7. The van der Waals surface area contributed by atoms with Gasteiger partial charge < -0.3 is 8.92 Å². The summed E-state index contributed by atoms with van der Waals surface area (Å²) in [4.78, 5) is -0.0596. The summed E-state index contributed by atoms with van der Waals surface area (Å²) in [6, 6.07) is 11.7. The van der Waals surface area contributed by atoms with Crippen molar-refractivity contribution in [2.45, 2.75) is 11.8 Å². The van der Waals surface area contributed by atoms with Crippen LogP contribution in [0, 0.1) is 0 Å². The lowest BCUT2D eigenvalue weighted by molar-refractivity contribution is 0.340. The Kier molecular flexibility index (Phi) is 6.13. The van der Waals surface area contributed by atoms with Gasteiger partial charge in [-0.2, -0.15) is 8.42 Å². The van der Waals surface area contributed by atoms with Gasteiger partial charge in [-0.25, -0.2) is 13.1 Å². The normalized spacial score (nSPS) is 11.9. The van der Waals surface area contributed by atoms with Gasteiger partial charge in [0.2, 0.25) is 0 Å². The van der Waals surface area contributed by atoms with Crippen molar-refractivity contribution in [2.75, 3.05) is 18.1 Å². The molecule has 0 saturated heterocycles. The van der Waals surface area contributed by atoms with E-state index in [1.54, 1.807) is 19.1 Å². The Hall–Kier alpha value is -2.99. The highest BCUT2D eigenvalue weighted by Crippen LogP contribution is 2.22. The number of tetrazole rings is 1. The predicted molar refractivity (Wildman–Crippen MR) is 103 cm³/mol. The Labute approximate surface area is 168 Å². The lowest BCUT2D eigenvalue weighted by Gasteiger charge is -2.09. The largest absolute Gasteiger partial charge is 0.493 e. The Balaban J connectivity index is 1.63. The second-order valence-electron chi connectivity index (χ2n) is 5.84. The molecule has 0 aliphatic rings. The van der Waals surface area contributed by atoms with Crippen LogP contribution in [0.4, 0.5) is 0 Å². The zero-order valence-corrected chi connectivity index (χ0v) is 17.0. The number of benzene rings is 2. The molecule has 0 spiro atoms. The fraction of sp³-hybridized carbons (Fsp3) is 0.235. The molecule has 1 aromatic heterocycles. The third-order valence-electron chi connectivity index (χ3n) is 3.87. The number of ether oxygens (including phenoxy) is 1. The molecule has 0 atom stereocenters. The first-order valence-corrected chi connectivity index (χ1v) is 11.7. The van der Waals surface area contributed by atoms with E-state index in [-0.39, 0.29) is 28.8 Å². The summed E-state index contributed by atoms with van der Waals surface area (Å²) in [6.45, 7) is 1.56. The minimum atomic E-state index is -4.04. The van der Waals surface area contributed by atoms with Gasteiger partial charge in [0.1, 0.15) is 29.3 Å². The second kappa shape index (κ2) is 8.57. The molecule has 0 saturated carbocycles. The van der Waals surface area contributed by atoms with Gasteiger partial charge in [0.25, 0.3) is 0 Å². The fourth-order valence-corrected chi connectivity index (χ4v) is 3.80. The highest BCUT2D eigenvalue weighted by molar-refractivity contribution is 7.91. The summed E-state index contributed by atoms with van der Waals surface area (Å²) in [5, 5.41) is 10.8. The molecular weight excluding hydrogens is 420 g/mol. The quantitative estimate of drug-likeness (QED) is 0.453. The molecule has 12 heteroatoms. The summed E-state index contributed by atoms with van der Waals surface area (Å²) in [6.07, 6.45) is 1.41. The van der Waals surface area contributed by atoms with Crippen molar-refractivity contribution in [3.8, 4) is 17.2 Å². The molecular formula is C17H18N4O6S2. The molecule has 0 aliphatic heterocycles. The molecule has 0 fully saturated rings. The van der Waals surface area contributed by atoms with Gasteiger partial charge in [-0.05, 0) is 59.0 Å². The minimum absolute atomic E-state index is 0.00753. The topological polar surface area (TPSA) is 130 Å². The molecule has 0 radical (unpaired) electrons. The standard InChI is InChI=1S/C17H18N4O6S2/c1-2-28(22,23)12-11-26-15-7-9-17(10-8-15)29(24,25)27-16-5-3-14(4-6-16)21-13-18-19-20-21/h3-10,13H,2,11-12H2,1H3. The van der Waals surface area contributed by atoms with Crippen LogP contribution in [0.25, 0.3) is 5.69 Å². The lowest BCUT2D eigenvalue weighted by atomic mass is 10.3. The van der Waals surface area contributed by atoms with Crippen molar-refractivity contribution in [2.24, 2.45) is 0 Å². The molecule has 1 heterocycles. The van der Waals surface area contributed by atoms with E-state index in [9.17, 15) is 16.8 Å². The van der Waals surface area contributed by atoms with Crippen LogP contribution in [0.1, 0.15) is 6.92 Å². The van der Waals surface area contributed by atoms with E-state index >= 15 is 0 Å². The van der Waals surface area contributed by atoms with Crippen LogP contribution < -0.4 is 8.92 Å². The van der Waals surface area contributed by atoms with Crippen molar-refractivity contribution in [1.29, 1.82) is 0 Å². The maximum Gasteiger partial charge on any atom is 0.339 e. The number of sulfone groups is 1. The molecule has 0 bridgehead atoms. The summed E-state index contributed by atoms with van der Waals surface area (Å²) in [5.74, 6) is 0.433. The Morgan fingerprint density at radius 2 is 1.59 bits per heavy atom. The molecule has 10 nitrogen and oxygen atoms in total. The predicted octanol–water partition coefficient (Wildman–Crippen LogP) is 1.24. The molecule has 29 heavy (non-hydrogen) atoms. The molecule has 3 aromatic rings. The van der Waals surface area contributed by atoms with Gasteiger partial charge >= 0.3 is 10.1 Å². The van der Waals surface area contributed by atoms with Crippen LogP contribution in [-0.4, -0.2) is 55.2 Å². The number of rotatable bonds is 9. The van der Waals surface area contributed by atoms with E-state index < -0.39 is 20.0 Å². The number of hydrogen-bond acceptors (Lipinski definition) is 9. The Morgan fingerprint density at radius 3 is 2.17 bits per heavy atom. The van der Waals surface area contributed by atoms with E-state index in [0.29, 0.717) is 11.4 Å². The van der Waals surface area contributed by atoms with E-state index in [1.807, 2.05) is 0 Å². The highest BCUT2D eigenvalue weighted by atomic mass is 32.2. The molecule has 0 aliphatic carbocycles. The van der Waals surface area contributed by atoms with Crippen LogP contribution in [0.3, 0.4) is 0 Å². The van der Waals surface area contributed by atoms with Gasteiger partial charge in [0.15, 0.2) is 9.84 Å². The Bertz CT molecular complexity index is 1140. The average molecular weight is 438 g/mol. The zero-order chi connectivity index (χ0) is 20.9. The number of nitrogens with zero attached hydrogens (tertiary/aromatic N) is 4. The van der Waals surface area contributed by atoms with Crippen molar-refractivity contribution >= 4 is 20.0 Å². The maximum atomic E-state index is 12.4. The van der Waals surface area contributed by atoms with E-state index in [2.05, 4.69) is 15.5 Å². The van der Waals surface area contributed by atoms with Crippen LogP contribution in [0.2, 0.25) is 0 Å². The third-order valence-corrected chi connectivity index (χ3v) is 6.80. The third kappa shape index (κ3) is 5.51. The van der Waals surface area contributed by atoms with Gasteiger partial charge in [-0.15, -0.1) is 5.10 Å². The Morgan fingerprint density at radius 1 is 0.931 bits per heavy atom. The maximum absolute atomic E-state index is 12.4. The van der Waals surface area contributed by atoms with E-state index in [0.717, 1.165) is 0 Å². The summed E-state index contributed by atoms with van der Waals surface area (Å²) in [7, 11) is -7.17. The highest BCUT2D eigenvalue weighted by Gasteiger charge is 2.17. The van der Waals surface area contributed by atoms with Crippen LogP contribution in [0.5, 0.6) is 11.5 Å². The first-order chi connectivity index (χ1) is 13.8. The van der Waals surface area contributed by atoms with Crippen molar-refractivity contribution in [3.05, 3.63) is 54.9 Å². The first-order valence-electron chi connectivity index (χ1n) is 8.50. The fourth-order valence-electron chi connectivity index (χ4n) is 2.24. The number of aromatic nitrogens is 4. The minimum Gasteiger partial charge on any atom is -0.493 e. The summed E-state index contributed by atoms with van der Waals surface area (Å²) in [5.41, 5.74) is 0.645. The molecule has 0 N–H and O–H groups in total. The smallest absolute Gasteiger partial charge is 0.339 e. The van der Waals surface area contributed by atoms with E-state index in [1.165, 1.54) is 47.4 Å². The van der Waals surface area contributed by atoms with Crippen LogP contribution >= 0.6 is 0 Å². The molecule has 2 aromatic carbocycles. The zero-order valence-electron chi connectivity index (χ0n) is 15.4. The van der Waals surface area contributed by atoms with Crippen LogP contribution in [0.15, 0.2) is 59.8 Å². The van der Waals surface area contributed by atoms with Crippen LogP contribution in [-0.2, 0) is 20.0 Å². The monoisotopic (exact) mass is 438 g/mol. The van der Waals surface area contributed by atoms with Gasteiger partial charge in [-0.3, -0.25) is 0 Å². The van der Waals surface area contributed by atoms with Crippen molar-refractivity contribution < 1.29 is 25.8 Å². The molecule has 0 amide bonds. The van der Waals surface area contributed by atoms with E-state index in [4.69, 9.17) is 8.92 Å². The van der Waals surface area contributed by atoms with Gasteiger partial charge in [0.05, 0.1) is 11.4 Å². The van der Waals surface area contributed by atoms with Gasteiger partial charge in [0, 0.05) is 5.75 Å². The first kappa shape index (κ1) is 20.7. The second-order valence-corrected chi connectivity index (χ2v) is 9.86. The van der Waals surface area contributed by atoms with Crippen molar-refractivity contribution in [3.63, 3.8) is 0 Å². The number of hydrogen-bond donors (Lipinski definition) is 0. The molecule has 3 rings (SSSR count). The SMILES string of the molecule is CCS(=O)(=O)CCOc1ccc(S(=O)(=O)Oc2ccc(-n3cnnn3)cc2)cc1. The average Bonchev–Trinajstić information content (AvgIpc) is 3.23.